The molecule has 0 unspecified atom stereocenters. The molecule has 1 aromatic carbocycles. The molecule has 0 aliphatic heterocycles. The average molecular weight is 139 g/mol. The number of benzene rings is 1. The predicted octanol–water partition coefficient (Wildman–Crippen LogP) is -1.26. The van der Waals surface area contributed by atoms with Crippen molar-refractivity contribution in [3.63, 3.8) is 0 Å². The quantitative estimate of drug-likeness (QED) is 0.325. The topological polar surface area (TPSA) is 23.8 Å². The summed E-state index contributed by atoms with van der Waals surface area (Å²) >= 11 is 0. The van der Waals surface area contributed by atoms with Crippen LogP contribution >= 0.6 is 0 Å². The van der Waals surface area contributed by atoms with Crippen molar-refractivity contribution in [2.75, 3.05) is 0 Å². The van der Waals surface area contributed by atoms with Crippen LogP contribution in [0.5, 0.6) is 0 Å². The largest absolute Gasteiger partial charge is 1.00 e. The van der Waals surface area contributed by atoms with E-state index in [-0.39, 0.29) is 29.6 Å². The van der Waals surface area contributed by atoms with E-state index >= 15 is 0 Å². The molecular weight excluding hydrogens is 133 g/mol. The first-order chi connectivity index (χ1) is 4.33. The van der Waals surface area contributed by atoms with E-state index in [1.54, 1.807) is 12.1 Å². The fourth-order valence-corrected chi connectivity index (χ4v) is 0.579. The molecule has 0 atom stereocenters. The van der Waals surface area contributed by atoms with Crippen molar-refractivity contribution in [3.05, 3.63) is 42.3 Å². The normalized spacial score (nSPS) is 7.50. The van der Waals surface area contributed by atoms with Gasteiger partial charge in [0.1, 0.15) is 0 Å². The van der Waals surface area contributed by atoms with E-state index in [0.29, 0.717) is 5.56 Å². The summed E-state index contributed by atoms with van der Waals surface area (Å²) in [5.41, 5.74) is 1.62. The molecular formula is C8H6NNa. The van der Waals surface area contributed by atoms with Crippen molar-refractivity contribution in [2.24, 2.45) is 0 Å². The van der Waals surface area contributed by atoms with Crippen LogP contribution in [0.2, 0.25) is 0 Å². The van der Waals surface area contributed by atoms with E-state index in [9.17, 15) is 0 Å². The van der Waals surface area contributed by atoms with Crippen molar-refractivity contribution in [1.29, 1.82) is 5.26 Å². The first-order valence-electron chi connectivity index (χ1n) is 2.65. The molecule has 1 rings (SSSR count). The zero-order valence-electron chi connectivity index (χ0n) is 5.96. The van der Waals surface area contributed by atoms with Crippen LogP contribution in [0.3, 0.4) is 0 Å². The van der Waals surface area contributed by atoms with Gasteiger partial charge < -0.3 is 0 Å². The van der Waals surface area contributed by atoms with Gasteiger partial charge in [0.2, 0.25) is 0 Å². The van der Waals surface area contributed by atoms with Crippen molar-refractivity contribution in [2.45, 2.75) is 0 Å². The molecule has 0 aliphatic carbocycles. The minimum absolute atomic E-state index is 0. The van der Waals surface area contributed by atoms with Gasteiger partial charge in [0, 0.05) is 5.56 Å². The molecule has 0 heterocycles. The van der Waals surface area contributed by atoms with Crippen LogP contribution < -0.4 is 29.6 Å². The van der Waals surface area contributed by atoms with Gasteiger partial charge in [0.05, 0.1) is 6.07 Å². The number of rotatable bonds is 0. The Bertz CT molecular complexity index is 232. The van der Waals surface area contributed by atoms with E-state index in [0.717, 1.165) is 5.56 Å². The van der Waals surface area contributed by atoms with Gasteiger partial charge in [-0.05, 0) is 0 Å². The zero-order chi connectivity index (χ0) is 6.69. The van der Waals surface area contributed by atoms with Crippen LogP contribution in [0, 0.1) is 18.3 Å². The van der Waals surface area contributed by atoms with Gasteiger partial charge in [-0.1, -0.05) is 0 Å². The summed E-state index contributed by atoms with van der Waals surface area (Å²) in [5, 5.41) is 8.36. The SMILES string of the molecule is [CH2-]c1ccc(C#N)cc1.[Na+]. The maximum Gasteiger partial charge on any atom is 1.00 e. The van der Waals surface area contributed by atoms with Crippen LogP contribution in [-0.4, -0.2) is 0 Å². The summed E-state index contributed by atoms with van der Waals surface area (Å²) in [6, 6.07) is 9.17. The minimum atomic E-state index is 0. The van der Waals surface area contributed by atoms with E-state index < -0.39 is 0 Å². The molecule has 44 valence electrons. The van der Waals surface area contributed by atoms with Crippen molar-refractivity contribution in [3.8, 4) is 6.07 Å². The van der Waals surface area contributed by atoms with Gasteiger partial charge in [-0.25, -0.2) is 0 Å². The third kappa shape index (κ3) is 2.45. The van der Waals surface area contributed by atoms with Crippen LogP contribution in [0.1, 0.15) is 11.1 Å². The molecule has 2 heteroatoms. The molecule has 0 bridgehead atoms. The smallest absolute Gasteiger partial charge is 0.199 e. The summed E-state index contributed by atoms with van der Waals surface area (Å²) in [6.07, 6.45) is 0. The maximum absolute atomic E-state index is 8.36. The number of hydrogen-bond acceptors (Lipinski definition) is 1. The fourth-order valence-electron chi connectivity index (χ4n) is 0.579. The summed E-state index contributed by atoms with van der Waals surface area (Å²) in [5.74, 6) is 0. The Labute approximate surface area is 83.0 Å². The van der Waals surface area contributed by atoms with E-state index in [1.165, 1.54) is 0 Å². The zero-order valence-corrected chi connectivity index (χ0v) is 7.96. The summed E-state index contributed by atoms with van der Waals surface area (Å²) in [7, 11) is 0. The van der Waals surface area contributed by atoms with E-state index in [1.807, 2.05) is 18.2 Å². The van der Waals surface area contributed by atoms with Gasteiger partial charge in [0.15, 0.2) is 0 Å². The number of hydrogen-bond donors (Lipinski definition) is 0. The molecule has 10 heavy (non-hydrogen) atoms. The summed E-state index contributed by atoms with van der Waals surface area (Å²) in [4.78, 5) is 0. The number of nitrogens with zero attached hydrogens (tertiary/aromatic N) is 1. The third-order valence-electron chi connectivity index (χ3n) is 1.08. The predicted molar refractivity (Wildman–Crippen MR) is 35.6 cm³/mol. The first-order valence-corrected chi connectivity index (χ1v) is 2.65. The van der Waals surface area contributed by atoms with Crippen molar-refractivity contribution < 1.29 is 29.6 Å². The Morgan fingerprint density at radius 2 is 1.70 bits per heavy atom. The Morgan fingerprint density at radius 3 is 2.10 bits per heavy atom. The molecule has 0 fully saturated rings. The first kappa shape index (κ1) is 9.58. The standard InChI is InChI=1S/C8H6N.Na/c1-7-2-4-8(6-9)5-3-7;/h2-5H,1H2;/q-1;+1. The fraction of sp³-hybridized carbons (Fsp3) is 0. The van der Waals surface area contributed by atoms with Crippen LogP contribution in [-0.2, 0) is 0 Å². The van der Waals surface area contributed by atoms with Crippen molar-refractivity contribution in [1.82, 2.24) is 0 Å². The molecule has 0 saturated heterocycles. The second kappa shape index (κ2) is 4.40. The van der Waals surface area contributed by atoms with Crippen molar-refractivity contribution >= 4 is 0 Å². The number of nitriles is 1. The second-order valence-corrected chi connectivity index (χ2v) is 1.81. The van der Waals surface area contributed by atoms with Gasteiger partial charge in [-0.3, -0.25) is 0 Å². The van der Waals surface area contributed by atoms with Gasteiger partial charge in [-0.15, -0.1) is 12.1 Å². The van der Waals surface area contributed by atoms with E-state index in [2.05, 4.69) is 6.92 Å². The van der Waals surface area contributed by atoms with Crippen LogP contribution in [0.15, 0.2) is 24.3 Å². The molecule has 0 amide bonds. The summed E-state index contributed by atoms with van der Waals surface area (Å²) in [6.45, 7) is 3.69. The molecule has 0 saturated carbocycles. The van der Waals surface area contributed by atoms with E-state index in [4.69, 9.17) is 5.26 Å². The maximum atomic E-state index is 8.36. The monoisotopic (exact) mass is 139 g/mol. The Kier molecular flexibility index (Phi) is 4.22. The molecule has 0 aromatic heterocycles. The molecule has 0 aliphatic rings. The summed E-state index contributed by atoms with van der Waals surface area (Å²) < 4.78 is 0. The molecule has 0 N–H and O–H groups in total. The molecule has 0 spiro atoms. The minimum Gasteiger partial charge on any atom is -0.199 e. The Hall–Kier alpha value is -0.420. The van der Waals surface area contributed by atoms with Gasteiger partial charge in [0.25, 0.3) is 0 Å². The molecule has 1 nitrogen and oxygen atoms in total. The third-order valence-corrected chi connectivity index (χ3v) is 1.08. The van der Waals surface area contributed by atoms with Crippen LogP contribution in [0.4, 0.5) is 0 Å². The van der Waals surface area contributed by atoms with Gasteiger partial charge in [-0.2, -0.15) is 29.9 Å². The van der Waals surface area contributed by atoms with Gasteiger partial charge >= 0.3 is 29.6 Å². The van der Waals surface area contributed by atoms with Crippen LogP contribution in [0.25, 0.3) is 0 Å². The Morgan fingerprint density at radius 1 is 1.20 bits per heavy atom. The molecule has 0 radical (unpaired) electrons. The second-order valence-electron chi connectivity index (χ2n) is 1.81. The molecule has 1 aromatic rings. The average Bonchev–Trinajstić information content (AvgIpc) is 1.90. The Balaban J connectivity index is 0.000000810.